The highest BCUT2D eigenvalue weighted by molar-refractivity contribution is 5.93. The van der Waals surface area contributed by atoms with Crippen LogP contribution in [0.4, 0.5) is 11.4 Å². The first-order valence-corrected chi connectivity index (χ1v) is 6.73. The van der Waals surface area contributed by atoms with Crippen molar-refractivity contribution in [3.8, 4) is 5.75 Å². The van der Waals surface area contributed by atoms with E-state index in [1.54, 1.807) is 37.3 Å². The van der Waals surface area contributed by atoms with Gasteiger partial charge in [-0.15, -0.1) is 0 Å². The molecule has 1 N–H and O–H groups in total. The van der Waals surface area contributed by atoms with E-state index in [-0.39, 0.29) is 12.3 Å². The van der Waals surface area contributed by atoms with Crippen LogP contribution in [0.3, 0.4) is 0 Å². The van der Waals surface area contributed by atoms with Gasteiger partial charge in [-0.2, -0.15) is 0 Å². The molecule has 0 fully saturated rings. The zero-order valence-electron chi connectivity index (χ0n) is 12.3. The molecule has 2 aromatic rings. The van der Waals surface area contributed by atoms with Crippen molar-refractivity contribution in [2.45, 2.75) is 6.92 Å². The molecule has 0 saturated heterocycles. The number of anilines is 1. The van der Waals surface area contributed by atoms with E-state index in [4.69, 9.17) is 4.74 Å². The molecule has 7 heteroatoms. The number of nitro groups is 1. The Kier molecular flexibility index (Phi) is 5.03. The summed E-state index contributed by atoms with van der Waals surface area (Å²) in [6.45, 7) is 1.31. The quantitative estimate of drug-likeness (QED) is 0.502. The van der Waals surface area contributed by atoms with E-state index in [9.17, 15) is 19.7 Å². The molecular formula is C16H14N2O5. The van der Waals surface area contributed by atoms with Crippen LogP contribution in [0, 0.1) is 17.0 Å². The summed E-state index contributed by atoms with van der Waals surface area (Å²) in [5.41, 5.74) is 1.19. The van der Waals surface area contributed by atoms with Crippen molar-refractivity contribution in [2.75, 3.05) is 11.9 Å². The number of aldehydes is 1. The predicted molar refractivity (Wildman–Crippen MR) is 83.8 cm³/mol. The predicted octanol–water partition coefficient (Wildman–Crippen LogP) is 2.73. The third-order valence-corrected chi connectivity index (χ3v) is 3.16. The highest BCUT2D eigenvalue weighted by Gasteiger charge is 2.14. The Morgan fingerprint density at radius 1 is 1.26 bits per heavy atom. The zero-order valence-corrected chi connectivity index (χ0v) is 12.3. The van der Waals surface area contributed by atoms with Gasteiger partial charge < -0.3 is 10.1 Å². The van der Waals surface area contributed by atoms with E-state index in [1.807, 2.05) is 0 Å². The lowest BCUT2D eigenvalue weighted by atomic mass is 10.1. The van der Waals surface area contributed by atoms with Gasteiger partial charge in [0.15, 0.2) is 6.61 Å². The molecule has 0 saturated carbocycles. The molecule has 0 aliphatic heterocycles. The molecule has 0 spiro atoms. The summed E-state index contributed by atoms with van der Waals surface area (Å²) in [7, 11) is 0. The SMILES string of the molecule is Cc1c(NC(=O)COc2ccc(C=O)cc2)cccc1[N+](=O)[O-]. The second-order valence-electron chi connectivity index (χ2n) is 4.73. The Bertz CT molecular complexity index is 741. The average Bonchev–Trinajstić information content (AvgIpc) is 2.55. The number of carbonyl (C=O) groups is 2. The number of hydrogen-bond acceptors (Lipinski definition) is 5. The molecule has 118 valence electrons. The summed E-state index contributed by atoms with van der Waals surface area (Å²) >= 11 is 0. The number of hydrogen-bond donors (Lipinski definition) is 1. The van der Waals surface area contributed by atoms with Gasteiger partial charge in [0.1, 0.15) is 12.0 Å². The maximum Gasteiger partial charge on any atom is 0.274 e. The Labute approximate surface area is 132 Å². The second-order valence-corrected chi connectivity index (χ2v) is 4.73. The van der Waals surface area contributed by atoms with Crippen LogP contribution in [0.15, 0.2) is 42.5 Å². The van der Waals surface area contributed by atoms with Crippen LogP contribution in [-0.2, 0) is 4.79 Å². The number of ether oxygens (including phenoxy) is 1. The fourth-order valence-corrected chi connectivity index (χ4v) is 1.93. The summed E-state index contributed by atoms with van der Waals surface area (Å²) < 4.78 is 5.30. The number of benzene rings is 2. The van der Waals surface area contributed by atoms with E-state index >= 15 is 0 Å². The van der Waals surface area contributed by atoms with Crippen LogP contribution >= 0.6 is 0 Å². The van der Waals surface area contributed by atoms with Gasteiger partial charge >= 0.3 is 0 Å². The number of carbonyl (C=O) groups excluding carboxylic acids is 2. The molecule has 0 aromatic heterocycles. The highest BCUT2D eigenvalue weighted by atomic mass is 16.6. The zero-order chi connectivity index (χ0) is 16.8. The van der Waals surface area contributed by atoms with Crippen LogP contribution < -0.4 is 10.1 Å². The summed E-state index contributed by atoms with van der Waals surface area (Å²) in [4.78, 5) is 32.8. The molecule has 0 heterocycles. The van der Waals surface area contributed by atoms with E-state index < -0.39 is 10.8 Å². The molecule has 2 rings (SSSR count). The van der Waals surface area contributed by atoms with E-state index in [1.165, 1.54) is 12.1 Å². The van der Waals surface area contributed by atoms with Crippen molar-refractivity contribution in [3.63, 3.8) is 0 Å². The van der Waals surface area contributed by atoms with Crippen LogP contribution in [0.2, 0.25) is 0 Å². The molecule has 0 aliphatic rings. The fourth-order valence-electron chi connectivity index (χ4n) is 1.93. The minimum Gasteiger partial charge on any atom is -0.484 e. The normalized spacial score (nSPS) is 9.96. The molecule has 0 radical (unpaired) electrons. The number of nitrogens with one attached hydrogen (secondary N) is 1. The van der Waals surface area contributed by atoms with Gasteiger partial charge in [-0.1, -0.05) is 6.07 Å². The molecular weight excluding hydrogens is 300 g/mol. The molecule has 0 atom stereocenters. The van der Waals surface area contributed by atoms with Gasteiger partial charge in [-0.3, -0.25) is 19.7 Å². The van der Waals surface area contributed by atoms with E-state index in [2.05, 4.69) is 5.32 Å². The molecule has 7 nitrogen and oxygen atoms in total. The molecule has 2 aromatic carbocycles. The van der Waals surface area contributed by atoms with Crippen molar-refractivity contribution in [1.29, 1.82) is 0 Å². The Hall–Kier alpha value is -3.22. The number of amides is 1. The lowest BCUT2D eigenvalue weighted by Gasteiger charge is -2.09. The first kappa shape index (κ1) is 16.2. The number of nitrogens with zero attached hydrogens (tertiary/aromatic N) is 1. The second kappa shape index (κ2) is 7.17. The molecule has 1 amide bonds. The monoisotopic (exact) mass is 314 g/mol. The van der Waals surface area contributed by atoms with Gasteiger partial charge in [0.2, 0.25) is 0 Å². The first-order chi connectivity index (χ1) is 11.0. The van der Waals surface area contributed by atoms with Gasteiger partial charge in [0.25, 0.3) is 11.6 Å². The highest BCUT2D eigenvalue weighted by Crippen LogP contribution is 2.24. The van der Waals surface area contributed by atoms with Crippen molar-refractivity contribution < 1.29 is 19.2 Å². The van der Waals surface area contributed by atoms with Crippen LogP contribution in [-0.4, -0.2) is 23.7 Å². The Balaban J connectivity index is 1.98. The number of nitro benzene ring substituents is 1. The third kappa shape index (κ3) is 4.13. The van der Waals surface area contributed by atoms with Crippen LogP contribution in [0.5, 0.6) is 5.75 Å². The first-order valence-electron chi connectivity index (χ1n) is 6.73. The molecule has 0 bridgehead atoms. The van der Waals surface area contributed by atoms with E-state index in [0.29, 0.717) is 28.8 Å². The van der Waals surface area contributed by atoms with E-state index in [0.717, 1.165) is 0 Å². The third-order valence-electron chi connectivity index (χ3n) is 3.16. The van der Waals surface area contributed by atoms with Crippen LogP contribution in [0.25, 0.3) is 0 Å². The summed E-state index contributed by atoms with van der Waals surface area (Å²) in [6, 6.07) is 10.8. The number of rotatable bonds is 6. The van der Waals surface area contributed by atoms with Gasteiger partial charge in [0.05, 0.1) is 16.2 Å². The van der Waals surface area contributed by atoms with Crippen molar-refractivity contribution >= 4 is 23.6 Å². The van der Waals surface area contributed by atoms with Gasteiger partial charge in [-0.05, 0) is 37.3 Å². The molecule has 23 heavy (non-hydrogen) atoms. The average molecular weight is 314 g/mol. The molecule has 0 unspecified atom stereocenters. The summed E-state index contributed by atoms with van der Waals surface area (Å²) in [5.74, 6) is 0.00887. The fraction of sp³-hybridized carbons (Fsp3) is 0.125. The topological polar surface area (TPSA) is 98.5 Å². The Morgan fingerprint density at radius 3 is 2.57 bits per heavy atom. The maximum absolute atomic E-state index is 11.9. The van der Waals surface area contributed by atoms with Crippen molar-refractivity contribution in [3.05, 3.63) is 63.7 Å². The Morgan fingerprint density at radius 2 is 1.96 bits per heavy atom. The standard InChI is InChI=1S/C16H14N2O5/c1-11-14(3-2-4-15(11)18(21)22)17-16(20)10-23-13-7-5-12(9-19)6-8-13/h2-9H,10H2,1H3,(H,17,20). The largest absolute Gasteiger partial charge is 0.484 e. The van der Waals surface area contributed by atoms with Gasteiger partial charge in [-0.25, -0.2) is 0 Å². The van der Waals surface area contributed by atoms with Crippen molar-refractivity contribution in [2.24, 2.45) is 0 Å². The lowest BCUT2D eigenvalue weighted by Crippen LogP contribution is -2.20. The lowest BCUT2D eigenvalue weighted by molar-refractivity contribution is -0.385. The van der Waals surface area contributed by atoms with Gasteiger partial charge in [0, 0.05) is 11.6 Å². The minimum absolute atomic E-state index is 0.0619. The molecule has 0 aliphatic carbocycles. The smallest absolute Gasteiger partial charge is 0.274 e. The minimum atomic E-state index is -0.504. The maximum atomic E-state index is 11.9. The van der Waals surface area contributed by atoms with Crippen LogP contribution in [0.1, 0.15) is 15.9 Å². The van der Waals surface area contributed by atoms with Crippen molar-refractivity contribution in [1.82, 2.24) is 0 Å². The summed E-state index contributed by atoms with van der Waals surface area (Å²) in [6.07, 6.45) is 0.710. The summed E-state index contributed by atoms with van der Waals surface area (Å²) in [5, 5.41) is 13.4.